The van der Waals surface area contributed by atoms with Crippen molar-refractivity contribution in [3.63, 3.8) is 0 Å². The van der Waals surface area contributed by atoms with Crippen molar-refractivity contribution in [2.45, 2.75) is 67.4 Å². The Hall–Kier alpha value is -2.12. The molecule has 214 valence electrons. The Balaban J connectivity index is 6.73. The summed E-state index contributed by atoms with van der Waals surface area (Å²) >= 11 is 0. The second kappa shape index (κ2) is 9.32. The number of carboxylic acid groups (broad SMARTS) is 1. The van der Waals surface area contributed by atoms with Gasteiger partial charge in [0.05, 0.1) is 5.92 Å². The first-order valence-electron chi connectivity index (χ1n) is 8.40. The van der Waals surface area contributed by atoms with E-state index < -0.39 is 84.0 Å². The monoisotopic (exact) mass is 582 g/mol. The summed E-state index contributed by atoms with van der Waals surface area (Å²) < 4.78 is 251. The predicted octanol–water partition coefficient (Wildman–Crippen LogP) is 7.65. The molecule has 1 N–H and O–H groups in total. The van der Waals surface area contributed by atoms with Crippen LogP contribution in [0.3, 0.4) is 0 Å². The SMILES string of the molecule is CC(CCC(F)(F)C(F)(F)C(F)(F)C(F)(F)C(F)(F)C(F)(F)C(F)(F)C(C(=O)O)=C(F)F)C(F)(F)F. The van der Waals surface area contributed by atoms with Crippen LogP contribution in [0.15, 0.2) is 11.7 Å². The fourth-order valence-corrected chi connectivity index (χ4v) is 2.23. The van der Waals surface area contributed by atoms with Crippen LogP contribution < -0.4 is 0 Å². The largest absolute Gasteiger partial charge is 0.478 e. The molecule has 0 aliphatic rings. The van der Waals surface area contributed by atoms with Gasteiger partial charge in [-0.05, 0) is 6.42 Å². The van der Waals surface area contributed by atoms with Crippen molar-refractivity contribution in [1.29, 1.82) is 0 Å². The topological polar surface area (TPSA) is 37.3 Å². The summed E-state index contributed by atoms with van der Waals surface area (Å²) in [5.74, 6) is -63.7. The van der Waals surface area contributed by atoms with Gasteiger partial charge in [0, 0.05) is 6.42 Å². The Morgan fingerprint density at radius 1 is 0.639 bits per heavy atom. The molecule has 0 aromatic carbocycles. The number of carboxylic acids is 1. The highest BCUT2D eigenvalue weighted by Crippen LogP contribution is 2.63. The maximum Gasteiger partial charge on any atom is 0.391 e. The summed E-state index contributed by atoms with van der Waals surface area (Å²) in [5, 5.41) is 8.04. The molecule has 0 aliphatic heterocycles. The van der Waals surface area contributed by atoms with Gasteiger partial charge in [0.2, 0.25) is 0 Å². The number of hydrogen-bond acceptors (Lipinski definition) is 1. The smallest absolute Gasteiger partial charge is 0.391 e. The van der Waals surface area contributed by atoms with Crippen molar-refractivity contribution in [1.82, 2.24) is 0 Å². The highest BCUT2D eigenvalue weighted by atomic mass is 19.4. The minimum atomic E-state index is -8.70. The number of alkyl halides is 17. The third kappa shape index (κ3) is 5.01. The molecule has 2 nitrogen and oxygen atoms in total. The van der Waals surface area contributed by atoms with E-state index in [1.54, 1.807) is 0 Å². The van der Waals surface area contributed by atoms with Crippen LogP contribution in [0, 0.1) is 5.92 Å². The molecule has 0 fully saturated rings. The Morgan fingerprint density at radius 3 is 1.28 bits per heavy atom. The minimum Gasteiger partial charge on any atom is -0.478 e. The zero-order valence-electron chi connectivity index (χ0n) is 16.5. The standard InChI is InChI=1S/C15H9F19O2/c1-4(10(22,23)24)2-3-8(18,19)11(25,26)13(29,30)15(33,34)14(31,32)12(27,28)9(20,21)5(6(16)17)7(35)36/h4H,2-3H2,1H3,(H,35,36). The molecular formula is C15H9F19O2. The lowest BCUT2D eigenvalue weighted by Gasteiger charge is -2.42. The highest BCUT2D eigenvalue weighted by molar-refractivity contribution is 5.89. The van der Waals surface area contributed by atoms with E-state index in [-0.39, 0.29) is 6.92 Å². The fourth-order valence-electron chi connectivity index (χ4n) is 2.23. The third-order valence-corrected chi connectivity index (χ3v) is 4.60. The zero-order chi connectivity index (χ0) is 29.7. The third-order valence-electron chi connectivity index (χ3n) is 4.60. The van der Waals surface area contributed by atoms with Crippen molar-refractivity contribution in [3.05, 3.63) is 11.7 Å². The number of rotatable bonds is 11. The van der Waals surface area contributed by atoms with Crippen LogP contribution in [0.25, 0.3) is 0 Å². The summed E-state index contributed by atoms with van der Waals surface area (Å²) in [4.78, 5) is 10.3. The lowest BCUT2D eigenvalue weighted by Crippen LogP contribution is -2.73. The Morgan fingerprint density at radius 2 is 0.972 bits per heavy atom. The Labute approximate surface area is 185 Å². The van der Waals surface area contributed by atoms with E-state index in [4.69, 9.17) is 5.11 Å². The first-order valence-corrected chi connectivity index (χ1v) is 8.40. The summed E-state index contributed by atoms with van der Waals surface area (Å²) in [6.07, 6.45) is -15.3. The van der Waals surface area contributed by atoms with Gasteiger partial charge in [-0.2, -0.15) is 83.4 Å². The number of halogens is 19. The van der Waals surface area contributed by atoms with Crippen molar-refractivity contribution in [3.8, 4) is 0 Å². The van der Waals surface area contributed by atoms with Gasteiger partial charge >= 0.3 is 53.6 Å². The number of hydrogen-bond donors (Lipinski definition) is 1. The van der Waals surface area contributed by atoms with Crippen LogP contribution in [-0.2, 0) is 4.79 Å². The van der Waals surface area contributed by atoms with Gasteiger partial charge in [-0.1, -0.05) is 6.92 Å². The van der Waals surface area contributed by atoms with Crippen LogP contribution in [0.1, 0.15) is 19.8 Å². The Bertz CT molecular complexity index is 849. The average Bonchev–Trinajstić information content (AvgIpc) is 2.63. The molecule has 0 aromatic heterocycles. The van der Waals surface area contributed by atoms with Crippen LogP contribution in [0.5, 0.6) is 0 Å². The first kappa shape index (κ1) is 33.9. The van der Waals surface area contributed by atoms with Gasteiger partial charge < -0.3 is 5.11 Å². The van der Waals surface area contributed by atoms with Gasteiger partial charge in [0.25, 0.3) is 6.08 Å². The molecule has 0 rings (SSSR count). The molecule has 1 unspecified atom stereocenters. The van der Waals surface area contributed by atoms with Crippen molar-refractivity contribution in [2.75, 3.05) is 0 Å². The van der Waals surface area contributed by atoms with Crippen LogP contribution in [0.2, 0.25) is 0 Å². The molecule has 0 aliphatic carbocycles. The van der Waals surface area contributed by atoms with Gasteiger partial charge in [0.1, 0.15) is 0 Å². The highest BCUT2D eigenvalue weighted by Gasteiger charge is 2.93. The predicted molar refractivity (Wildman–Crippen MR) is 76.0 cm³/mol. The van der Waals surface area contributed by atoms with E-state index in [0.717, 1.165) is 0 Å². The van der Waals surface area contributed by atoms with Crippen LogP contribution in [0.4, 0.5) is 83.4 Å². The molecule has 0 amide bonds. The van der Waals surface area contributed by atoms with E-state index in [0.29, 0.717) is 0 Å². The van der Waals surface area contributed by atoms with Crippen molar-refractivity contribution < 1.29 is 93.3 Å². The maximum atomic E-state index is 13.6. The quantitative estimate of drug-likeness (QED) is 0.201. The van der Waals surface area contributed by atoms with E-state index >= 15 is 0 Å². The number of carbonyl (C=O) groups is 1. The normalized spacial score (nSPS) is 16.1. The molecule has 36 heavy (non-hydrogen) atoms. The average molecular weight is 582 g/mol. The van der Waals surface area contributed by atoms with Gasteiger partial charge in [-0.25, -0.2) is 4.79 Å². The summed E-state index contributed by atoms with van der Waals surface area (Å²) in [5.41, 5.74) is -4.37. The Kier molecular flexibility index (Phi) is 8.77. The maximum absolute atomic E-state index is 13.6. The number of aliphatic carboxylic acids is 1. The summed E-state index contributed by atoms with van der Waals surface area (Å²) in [7, 11) is 0. The van der Waals surface area contributed by atoms with E-state index in [1.165, 1.54) is 0 Å². The lowest BCUT2D eigenvalue weighted by atomic mass is 9.86. The minimum absolute atomic E-state index is 0.00465. The first-order chi connectivity index (χ1) is 15.4. The molecule has 0 radical (unpaired) electrons. The second-order valence-electron chi connectivity index (χ2n) is 7.07. The summed E-state index contributed by atoms with van der Waals surface area (Å²) in [6, 6.07) is 0. The molecule has 0 saturated heterocycles. The molecule has 0 spiro atoms. The molecule has 0 heterocycles. The molecule has 0 saturated carbocycles. The van der Waals surface area contributed by atoms with Gasteiger partial charge in [0.15, 0.2) is 5.57 Å². The molecular weight excluding hydrogens is 573 g/mol. The van der Waals surface area contributed by atoms with Crippen molar-refractivity contribution >= 4 is 5.97 Å². The van der Waals surface area contributed by atoms with Gasteiger partial charge in [-0.3, -0.25) is 0 Å². The lowest BCUT2D eigenvalue weighted by molar-refractivity contribution is -0.439. The molecule has 1 atom stereocenters. The van der Waals surface area contributed by atoms with E-state index in [1.807, 2.05) is 0 Å². The van der Waals surface area contributed by atoms with Crippen molar-refractivity contribution in [2.24, 2.45) is 5.92 Å². The van der Waals surface area contributed by atoms with E-state index in [2.05, 4.69) is 0 Å². The summed E-state index contributed by atoms with van der Waals surface area (Å²) in [6.45, 7) is -0.00465. The fraction of sp³-hybridized carbons (Fsp3) is 0.800. The molecule has 0 bridgehead atoms. The van der Waals surface area contributed by atoms with Gasteiger partial charge in [-0.15, -0.1) is 0 Å². The molecule has 0 aromatic rings. The molecule has 21 heteroatoms. The second-order valence-corrected chi connectivity index (χ2v) is 7.07. The van der Waals surface area contributed by atoms with Crippen LogP contribution >= 0.6 is 0 Å². The van der Waals surface area contributed by atoms with Crippen LogP contribution in [-0.4, -0.2) is 58.7 Å². The zero-order valence-corrected chi connectivity index (χ0v) is 16.5. The van der Waals surface area contributed by atoms with E-state index in [9.17, 15) is 88.2 Å².